The number of likely N-dealkylation sites (N-methyl/N-ethyl adjacent to an activating group) is 1. The summed E-state index contributed by atoms with van der Waals surface area (Å²) in [6.45, 7) is 0. The van der Waals surface area contributed by atoms with Gasteiger partial charge >= 0.3 is 11.8 Å². The van der Waals surface area contributed by atoms with Gasteiger partial charge in [-0.25, -0.2) is 0 Å². The quantitative estimate of drug-likeness (QED) is 0.487. The van der Waals surface area contributed by atoms with E-state index in [2.05, 4.69) is 11.1 Å². The molecule has 5 nitrogen and oxygen atoms in total. The van der Waals surface area contributed by atoms with Gasteiger partial charge in [-0.2, -0.15) is 0 Å². The number of carbonyl (C=O) groups is 2. The molecule has 1 aliphatic rings. The summed E-state index contributed by atoms with van der Waals surface area (Å²) in [4.78, 5) is 32.5. The molecule has 0 bridgehead atoms. The van der Waals surface area contributed by atoms with E-state index in [1.165, 1.54) is 4.90 Å². The number of benzene rings is 3. The Hall–Kier alpha value is -3.86. The number of fused-ring (bicyclic) bond motifs is 4. The van der Waals surface area contributed by atoms with E-state index in [0.717, 1.165) is 38.8 Å². The van der Waals surface area contributed by atoms with Crippen molar-refractivity contribution in [3.8, 4) is 11.1 Å². The molecule has 3 aromatic carbocycles. The zero-order chi connectivity index (χ0) is 20.8. The van der Waals surface area contributed by atoms with E-state index in [4.69, 9.17) is 0 Å². The Morgan fingerprint density at radius 1 is 0.833 bits per heavy atom. The minimum absolute atomic E-state index is 0.413. The minimum atomic E-state index is -0.547. The summed E-state index contributed by atoms with van der Waals surface area (Å²) in [5, 5.41) is 1.03. The summed E-state index contributed by atoms with van der Waals surface area (Å²) < 4.78 is 0. The Morgan fingerprint density at radius 2 is 1.50 bits per heavy atom. The van der Waals surface area contributed by atoms with Crippen LogP contribution in [0, 0.1) is 0 Å². The first-order valence-electron chi connectivity index (χ1n) is 9.87. The van der Waals surface area contributed by atoms with Crippen LogP contribution in [-0.4, -0.2) is 35.8 Å². The van der Waals surface area contributed by atoms with Crippen molar-refractivity contribution in [2.24, 2.45) is 0 Å². The predicted octanol–water partition coefficient (Wildman–Crippen LogP) is 4.36. The summed E-state index contributed by atoms with van der Waals surface area (Å²) >= 11 is 0. The van der Waals surface area contributed by atoms with E-state index >= 15 is 0 Å². The van der Waals surface area contributed by atoms with Crippen LogP contribution >= 0.6 is 0 Å². The second-order valence-corrected chi connectivity index (χ2v) is 7.67. The maximum atomic E-state index is 13.5. The van der Waals surface area contributed by atoms with Crippen LogP contribution < -0.4 is 4.90 Å². The molecule has 5 rings (SSSR count). The number of H-pyrrole nitrogens is 1. The molecular weight excluding hydrogens is 374 g/mol. The van der Waals surface area contributed by atoms with Gasteiger partial charge in [-0.05, 0) is 23.3 Å². The summed E-state index contributed by atoms with van der Waals surface area (Å²) in [5.41, 5.74) is 5.73. The molecule has 4 aromatic rings. The van der Waals surface area contributed by atoms with Crippen molar-refractivity contribution in [3.63, 3.8) is 0 Å². The molecule has 1 aliphatic heterocycles. The SMILES string of the molecule is CN(C)C(=O)C(=O)N1c2ccccc2-c2ccccc2C1c1c[nH]c2ccccc12. The van der Waals surface area contributed by atoms with Crippen LogP contribution in [0.5, 0.6) is 0 Å². The molecule has 0 radical (unpaired) electrons. The van der Waals surface area contributed by atoms with Crippen LogP contribution in [0.1, 0.15) is 17.2 Å². The lowest BCUT2D eigenvalue weighted by molar-refractivity contribution is -0.142. The molecule has 1 aromatic heterocycles. The van der Waals surface area contributed by atoms with Gasteiger partial charge in [0.05, 0.1) is 11.7 Å². The number of nitrogens with one attached hydrogen (secondary N) is 1. The van der Waals surface area contributed by atoms with Crippen molar-refractivity contribution >= 4 is 28.4 Å². The number of rotatable bonds is 1. The highest BCUT2D eigenvalue weighted by Crippen LogP contribution is 2.48. The molecule has 1 N–H and O–H groups in total. The summed E-state index contributed by atoms with van der Waals surface area (Å²) in [6.07, 6.45) is 1.94. The third-order valence-electron chi connectivity index (χ3n) is 5.69. The smallest absolute Gasteiger partial charge is 0.317 e. The van der Waals surface area contributed by atoms with Gasteiger partial charge in [0.1, 0.15) is 0 Å². The monoisotopic (exact) mass is 395 g/mol. The second-order valence-electron chi connectivity index (χ2n) is 7.67. The molecule has 2 amide bonds. The normalized spacial score (nSPS) is 14.9. The zero-order valence-electron chi connectivity index (χ0n) is 16.8. The van der Waals surface area contributed by atoms with Crippen molar-refractivity contribution in [2.45, 2.75) is 6.04 Å². The Kier molecular flexibility index (Phi) is 4.17. The van der Waals surface area contributed by atoms with Crippen molar-refractivity contribution < 1.29 is 9.59 Å². The van der Waals surface area contributed by atoms with Gasteiger partial charge in [0, 0.05) is 42.3 Å². The van der Waals surface area contributed by atoms with E-state index < -0.39 is 17.9 Å². The molecule has 0 aliphatic carbocycles. The van der Waals surface area contributed by atoms with E-state index in [9.17, 15) is 9.59 Å². The average molecular weight is 395 g/mol. The Morgan fingerprint density at radius 3 is 2.30 bits per heavy atom. The lowest BCUT2D eigenvalue weighted by Gasteiger charge is -2.38. The number of anilines is 1. The number of nitrogens with zero attached hydrogens (tertiary/aromatic N) is 2. The fourth-order valence-corrected chi connectivity index (χ4v) is 4.32. The van der Waals surface area contributed by atoms with Gasteiger partial charge in [0.15, 0.2) is 0 Å². The molecule has 1 unspecified atom stereocenters. The number of hydrogen-bond donors (Lipinski definition) is 1. The van der Waals surface area contributed by atoms with E-state index in [0.29, 0.717) is 0 Å². The Balaban J connectivity index is 1.81. The van der Waals surface area contributed by atoms with Gasteiger partial charge in [0.25, 0.3) is 0 Å². The number of hydrogen-bond acceptors (Lipinski definition) is 2. The van der Waals surface area contributed by atoms with Crippen LogP contribution in [0.2, 0.25) is 0 Å². The first-order valence-corrected chi connectivity index (χ1v) is 9.87. The van der Waals surface area contributed by atoms with Gasteiger partial charge in [-0.3, -0.25) is 14.5 Å². The third kappa shape index (κ3) is 2.63. The standard InChI is InChI=1S/C25H21N3O2/c1-27(2)24(29)25(30)28-22-14-8-6-11-18(22)16-9-3-4-12-19(16)23(28)20-15-26-21-13-7-5-10-17(20)21/h3-15,23,26H,1-2H3. The highest BCUT2D eigenvalue weighted by molar-refractivity contribution is 6.41. The topological polar surface area (TPSA) is 56.4 Å². The van der Waals surface area contributed by atoms with Gasteiger partial charge < -0.3 is 9.88 Å². The lowest BCUT2D eigenvalue weighted by Crippen LogP contribution is -2.46. The fraction of sp³-hybridized carbons (Fsp3) is 0.120. The molecule has 0 fully saturated rings. The zero-order valence-corrected chi connectivity index (χ0v) is 16.8. The molecule has 30 heavy (non-hydrogen) atoms. The van der Waals surface area contributed by atoms with Crippen LogP contribution in [0.3, 0.4) is 0 Å². The summed E-state index contributed by atoms with van der Waals surface area (Å²) in [7, 11) is 3.20. The van der Waals surface area contributed by atoms with Gasteiger partial charge in [-0.1, -0.05) is 60.7 Å². The summed E-state index contributed by atoms with van der Waals surface area (Å²) in [5.74, 6) is -1.09. The molecule has 0 saturated heterocycles. The molecule has 148 valence electrons. The number of amides is 2. The maximum absolute atomic E-state index is 13.5. The minimum Gasteiger partial charge on any atom is -0.361 e. The molecular formula is C25H21N3O2. The highest BCUT2D eigenvalue weighted by Gasteiger charge is 2.39. The van der Waals surface area contributed by atoms with Crippen LogP contribution in [-0.2, 0) is 9.59 Å². The first kappa shape index (κ1) is 18.2. The first-order chi connectivity index (χ1) is 14.6. The molecule has 1 atom stereocenters. The second kappa shape index (κ2) is 6.88. The van der Waals surface area contributed by atoms with Crippen molar-refractivity contribution in [1.29, 1.82) is 0 Å². The molecule has 0 spiro atoms. The predicted molar refractivity (Wildman–Crippen MR) is 118 cm³/mol. The van der Waals surface area contributed by atoms with Gasteiger partial charge in [-0.15, -0.1) is 0 Å². The van der Waals surface area contributed by atoms with E-state index in [1.807, 2.05) is 72.9 Å². The third-order valence-corrected chi connectivity index (χ3v) is 5.69. The van der Waals surface area contributed by atoms with Crippen LogP contribution in [0.25, 0.3) is 22.0 Å². The number of para-hydroxylation sites is 2. The van der Waals surface area contributed by atoms with E-state index in [-0.39, 0.29) is 0 Å². The average Bonchev–Trinajstić information content (AvgIpc) is 3.21. The molecule has 2 heterocycles. The summed E-state index contributed by atoms with van der Waals surface area (Å²) in [6, 6.07) is 23.5. The fourth-order valence-electron chi connectivity index (χ4n) is 4.32. The van der Waals surface area contributed by atoms with Crippen molar-refractivity contribution in [2.75, 3.05) is 19.0 Å². The number of aromatic amines is 1. The van der Waals surface area contributed by atoms with Crippen molar-refractivity contribution in [1.82, 2.24) is 9.88 Å². The lowest BCUT2D eigenvalue weighted by atomic mass is 9.84. The van der Waals surface area contributed by atoms with Crippen LogP contribution in [0.15, 0.2) is 79.0 Å². The maximum Gasteiger partial charge on any atom is 0.317 e. The van der Waals surface area contributed by atoms with E-state index in [1.54, 1.807) is 19.0 Å². The number of aromatic nitrogens is 1. The highest BCUT2D eigenvalue weighted by atomic mass is 16.2. The van der Waals surface area contributed by atoms with Crippen LogP contribution in [0.4, 0.5) is 5.69 Å². The largest absolute Gasteiger partial charge is 0.361 e. The molecule has 5 heteroatoms. The Labute approximate surface area is 174 Å². The van der Waals surface area contributed by atoms with Gasteiger partial charge in [0.2, 0.25) is 0 Å². The van der Waals surface area contributed by atoms with Crippen molar-refractivity contribution in [3.05, 3.63) is 90.1 Å². The molecule has 0 saturated carbocycles. The number of carbonyl (C=O) groups excluding carboxylic acids is 2. The Bertz CT molecular complexity index is 1290.